The number of carbonyl (C=O) groups excluding carboxylic acids is 1. The van der Waals surface area contributed by atoms with E-state index in [1.54, 1.807) is 12.1 Å². The maximum absolute atomic E-state index is 10.9. The van der Waals surface area contributed by atoms with Gasteiger partial charge in [0.05, 0.1) is 0 Å². The number of rotatable bonds is 1. The zero-order valence-electron chi connectivity index (χ0n) is 5.77. The van der Waals surface area contributed by atoms with E-state index in [4.69, 9.17) is 0 Å². The van der Waals surface area contributed by atoms with E-state index < -0.39 is 0 Å². The highest BCUT2D eigenvalue weighted by Crippen LogP contribution is 2.13. The smallest absolute Gasteiger partial charge is 0.159 e. The Morgan fingerprint density at radius 3 is 2.73 bits per heavy atom. The second kappa shape index (κ2) is 3.62. The molecule has 0 aliphatic carbocycles. The molecule has 0 atom stereocenters. The van der Waals surface area contributed by atoms with Crippen LogP contribution in [0.5, 0.6) is 0 Å². The van der Waals surface area contributed by atoms with Gasteiger partial charge in [-0.3, -0.25) is 4.79 Å². The summed E-state index contributed by atoms with van der Waals surface area (Å²) in [4.78, 5) is 15.0. The highest BCUT2D eigenvalue weighted by molar-refractivity contribution is 14.1. The topological polar surface area (TPSA) is 30.0 Å². The van der Waals surface area contributed by atoms with E-state index in [2.05, 4.69) is 43.5 Å². The highest BCUT2D eigenvalue weighted by atomic mass is 127. The lowest BCUT2D eigenvalue weighted by atomic mass is 10.2. The van der Waals surface area contributed by atoms with E-state index in [1.165, 1.54) is 6.92 Å². The molecule has 0 aliphatic rings. The van der Waals surface area contributed by atoms with Crippen LogP contribution >= 0.6 is 38.5 Å². The minimum atomic E-state index is 0.0611. The first-order valence-corrected chi connectivity index (χ1v) is 4.81. The number of nitrogens with zero attached hydrogens (tertiary/aromatic N) is 1. The van der Waals surface area contributed by atoms with E-state index in [1.807, 2.05) is 0 Å². The number of aromatic nitrogens is 1. The normalized spacial score (nSPS) is 9.73. The highest BCUT2D eigenvalue weighted by Gasteiger charge is 2.01. The van der Waals surface area contributed by atoms with Crippen LogP contribution in [0.15, 0.2) is 16.7 Å². The first-order valence-electron chi connectivity index (χ1n) is 2.93. The van der Waals surface area contributed by atoms with Gasteiger partial charge in [0, 0.05) is 5.56 Å². The zero-order valence-corrected chi connectivity index (χ0v) is 9.51. The summed E-state index contributed by atoms with van der Waals surface area (Å²) >= 11 is 5.28. The fourth-order valence-electron chi connectivity index (χ4n) is 0.668. The van der Waals surface area contributed by atoms with E-state index in [0.29, 0.717) is 10.2 Å². The minimum Gasteiger partial charge on any atom is -0.295 e. The van der Waals surface area contributed by atoms with Crippen LogP contribution in [0.4, 0.5) is 0 Å². The van der Waals surface area contributed by atoms with Crippen LogP contribution in [0.3, 0.4) is 0 Å². The number of carbonyl (C=O) groups is 1. The Kier molecular flexibility index (Phi) is 3.00. The summed E-state index contributed by atoms with van der Waals surface area (Å²) in [6.07, 6.45) is 0. The predicted octanol–water partition coefficient (Wildman–Crippen LogP) is 2.65. The lowest BCUT2D eigenvalue weighted by molar-refractivity contribution is 0.101. The van der Waals surface area contributed by atoms with Crippen LogP contribution in [0, 0.1) is 3.70 Å². The zero-order chi connectivity index (χ0) is 8.43. The van der Waals surface area contributed by atoms with Gasteiger partial charge in [-0.15, -0.1) is 0 Å². The molecular weight excluding hydrogens is 321 g/mol. The fraction of sp³-hybridized carbons (Fsp3) is 0.143. The predicted molar refractivity (Wildman–Crippen MR) is 54.7 cm³/mol. The molecule has 0 unspecified atom stereocenters. The van der Waals surface area contributed by atoms with Gasteiger partial charge < -0.3 is 0 Å². The minimum absolute atomic E-state index is 0.0611. The van der Waals surface area contributed by atoms with Crippen LogP contribution in [0.25, 0.3) is 0 Å². The van der Waals surface area contributed by atoms with Crippen LogP contribution < -0.4 is 0 Å². The number of Topliss-reactive ketones (excluding diaryl/α,β-unsaturated/α-hetero) is 1. The number of halogens is 2. The Morgan fingerprint density at radius 1 is 1.64 bits per heavy atom. The van der Waals surface area contributed by atoms with Gasteiger partial charge in [0.1, 0.15) is 8.30 Å². The summed E-state index contributed by atoms with van der Waals surface area (Å²) < 4.78 is 1.52. The molecule has 11 heavy (non-hydrogen) atoms. The Balaban J connectivity index is 3.19. The number of pyridine rings is 1. The van der Waals surface area contributed by atoms with Gasteiger partial charge >= 0.3 is 0 Å². The van der Waals surface area contributed by atoms with Crippen molar-refractivity contribution in [2.75, 3.05) is 0 Å². The van der Waals surface area contributed by atoms with Crippen molar-refractivity contribution >= 4 is 44.3 Å². The maximum atomic E-state index is 10.9. The molecule has 4 heteroatoms. The van der Waals surface area contributed by atoms with Crippen molar-refractivity contribution < 1.29 is 4.79 Å². The largest absolute Gasteiger partial charge is 0.295 e. The molecule has 0 aromatic carbocycles. The van der Waals surface area contributed by atoms with Gasteiger partial charge in [0.15, 0.2) is 5.78 Å². The van der Waals surface area contributed by atoms with Crippen LogP contribution in [-0.4, -0.2) is 10.8 Å². The van der Waals surface area contributed by atoms with E-state index >= 15 is 0 Å². The summed E-state index contributed by atoms with van der Waals surface area (Å²) in [6.45, 7) is 1.54. The standard InChI is InChI=1S/C7H5BrINO/c1-4(11)5-2-6(8)10-7(9)3-5/h2-3H,1H3. The third-order valence-electron chi connectivity index (χ3n) is 1.17. The van der Waals surface area contributed by atoms with E-state index in [-0.39, 0.29) is 5.78 Å². The van der Waals surface area contributed by atoms with Crippen molar-refractivity contribution in [2.45, 2.75) is 6.92 Å². The van der Waals surface area contributed by atoms with Crippen molar-refractivity contribution in [1.82, 2.24) is 4.98 Å². The average Bonchev–Trinajstić information content (AvgIpc) is 1.85. The quantitative estimate of drug-likeness (QED) is 0.451. The molecule has 0 fully saturated rings. The molecule has 1 heterocycles. The lowest BCUT2D eigenvalue weighted by Gasteiger charge is -1.96. The van der Waals surface area contributed by atoms with Gasteiger partial charge in [-0.05, 0) is 57.6 Å². The summed E-state index contributed by atoms with van der Waals surface area (Å²) in [7, 11) is 0. The maximum Gasteiger partial charge on any atom is 0.159 e. The molecule has 2 nitrogen and oxygen atoms in total. The van der Waals surface area contributed by atoms with Crippen molar-refractivity contribution in [3.05, 3.63) is 26.0 Å². The monoisotopic (exact) mass is 325 g/mol. The molecule has 0 radical (unpaired) electrons. The number of ketones is 1. The first kappa shape index (κ1) is 9.12. The fourth-order valence-corrected chi connectivity index (χ4v) is 2.03. The van der Waals surface area contributed by atoms with Crippen LogP contribution in [0.2, 0.25) is 0 Å². The first-order chi connectivity index (χ1) is 5.09. The average molecular weight is 326 g/mol. The molecule has 58 valence electrons. The molecule has 0 N–H and O–H groups in total. The second-order valence-electron chi connectivity index (χ2n) is 2.06. The van der Waals surface area contributed by atoms with Crippen molar-refractivity contribution in [3.63, 3.8) is 0 Å². The summed E-state index contributed by atoms with van der Waals surface area (Å²) in [5, 5.41) is 0. The number of hydrogen-bond donors (Lipinski definition) is 0. The summed E-state index contributed by atoms with van der Waals surface area (Å²) in [6, 6.07) is 3.47. The van der Waals surface area contributed by atoms with Crippen molar-refractivity contribution in [2.24, 2.45) is 0 Å². The Labute approximate surface area is 86.7 Å². The third-order valence-corrected chi connectivity index (χ3v) is 2.13. The molecule has 0 saturated carbocycles. The van der Waals surface area contributed by atoms with E-state index in [9.17, 15) is 4.79 Å². The van der Waals surface area contributed by atoms with Gasteiger partial charge in [0.25, 0.3) is 0 Å². The van der Waals surface area contributed by atoms with Crippen molar-refractivity contribution in [3.8, 4) is 0 Å². The Hall–Kier alpha value is 0.0300. The molecular formula is C7H5BrINO. The Bertz CT molecular complexity index is 280. The van der Waals surface area contributed by atoms with Gasteiger partial charge in [-0.2, -0.15) is 0 Å². The molecule has 0 aliphatic heterocycles. The van der Waals surface area contributed by atoms with Gasteiger partial charge in [-0.1, -0.05) is 0 Å². The van der Waals surface area contributed by atoms with Gasteiger partial charge in [0.2, 0.25) is 0 Å². The summed E-state index contributed by atoms with van der Waals surface area (Å²) in [5.41, 5.74) is 0.691. The molecule has 0 saturated heterocycles. The molecule has 1 aromatic heterocycles. The molecule has 0 amide bonds. The van der Waals surface area contributed by atoms with Crippen LogP contribution in [0.1, 0.15) is 17.3 Å². The van der Waals surface area contributed by atoms with Gasteiger partial charge in [-0.25, -0.2) is 4.98 Å². The molecule has 1 aromatic rings. The van der Waals surface area contributed by atoms with Crippen molar-refractivity contribution in [1.29, 1.82) is 0 Å². The molecule has 0 spiro atoms. The van der Waals surface area contributed by atoms with Crippen LogP contribution in [-0.2, 0) is 0 Å². The Morgan fingerprint density at radius 2 is 2.27 bits per heavy atom. The molecule has 1 rings (SSSR count). The molecule has 0 bridgehead atoms. The lowest BCUT2D eigenvalue weighted by Crippen LogP contribution is -1.94. The number of hydrogen-bond acceptors (Lipinski definition) is 2. The SMILES string of the molecule is CC(=O)c1cc(Br)nc(I)c1. The summed E-state index contributed by atoms with van der Waals surface area (Å²) in [5.74, 6) is 0.0611. The van der Waals surface area contributed by atoms with E-state index in [0.717, 1.165) is 3.70 Å². The second-order valence-corrected chi connectivity index (χ2v) is 3.98. The third kappa shape index (κ3) is 2.52.